The maximum Gasteiger partial charge on any atom is 0.152 e. The fourth-order valence-corrected chi connectivity index (χ4v) is 14.1. The maximum absolute atomic E-state index is 9.88. The summed E-state index contributed by atoms with van der Waals surface area (Å²) in [6.07, 6.45) is 17.7. The van der Waals surface area contributed by atoms with Crippen LogP contribution in [0.4, 0.5) is 23.3 Å². The van der Waals surface area contributed by atoms with Crippen LogP contribution in [-0.4, -0.2) is 119 Å². The summed E-state index contributed by atoms with van der Waals surface area (Å²) in [5, 5.41) is 88.7. The van der Waals surface area contributed by atoms with Crippen LogP contribution in [0.5, 0.6) is 0 Å². The number of hydrogen-bond acceptors (Lipinski definition) is 24. The second-order valence-electron chi connectivity index (χ2n) is 30.5. The van der Waals surface area contributed by atoms with Crippen molar-refractivity contribution in [1.29, 1.82) is 0 Å². The highest BCUT2D eigenvalue weighted by Crippen LogP contribution is 2.32. The summed E-state index contributed by atoms with van der Waals surface area (Å²) in [6, 6.07) is 61.1. The van der Waals surface area contributed by atoms with Crippen LogP contribution < -0.4 is 21.3 Å². The highest BCUT2D eigenvalue weighted by atomic mass is 16.3. The molecule has 0 unspecified atom stereocenters. The van der Waals surface area contributed by atoms with Crippen molar-refractivity contribution < 1.29 is 20.4 Å². The smallest absolute Gasteiger partial charge is 0.152 e. The zero-order chi connectivity index (χ0) is 88.0. The van der Waals surface area contributed by atoms with Crippen molar-refractivity contribution in [1.82, 2.24) is 98.9 Å². The SMILES string of the molecule is C.C.CCc1cc(-c2ccc(-n3cnc(C)c3)c(CO)n2)nnc1NCc1ccc(C)cc1.CCc1cc(-c2ccc(-n3cnc(C)c3)c(CO)n2)nnc1N[C@@H](C)c1ccc(C)cc1.CCc1cc(-c2ccc(-n3cnc(C)c3)c(CO)n2)nnc1N[C@@H](C)c1ccccc1.CCc1cc(-c2ccc(-n3cnc(C)c3)c(CO)n2)nnc1N[C@H](C)c1ccccc1. The zero-order valence-corrected chi connectivity index (χ0v) is 72.8. The summed E-state index contributed by atoms with van der Waals surface area (Å²) < 4.78 is 7.44. The molecule has 0 bridgehead atoms. The molecule has 127 heavy (non-hydrogen) atoms. The predicted molar refractivity (Wildman–Crippen MR) is 502 cm³/mol. The molecule has 28 heteroatoms. The highest BCUT2D eigenvalue weighted by Gasteiger charge is 2.21. The average Bonchev–Trinajstić information content (AvgIpc) is 1.77. The lowest BCUT2D eigenvalue weighted by atomic mass is 10.1. The second kappa shape index (κ2) is 44.3. The molecule has 0 saturated heterocycles. The number of aryl methyl sites for hydroxylation is 10. The van der Waals surface area contributed by atoms with Gasteiger partial charge in [-0.2, -0.15) is 0 Å². The fourth-order valence-electron chi connectivity index (χ4n) is 14.1. The number of aliphatic hydroxyl groups is 4. The molecule has 16 aromatic rings. The Bertz CT molecular complexity index is 6070. The van der Waals surface area contributed by atoms with Crippen LogP contribution in [0.25, 0.3) is 68.3 Å². The fraction of sp³-hybridized carbons (Fsp3) is 0.273. The Morgan fingerprint density at radius 3 is 0.819 bits per heavy atom. The maximum atomic E-state index is 9.88. The first-order valence-corrected chi connectivity index (χ1v) is 41.9. The van der Waals surface area contributed by atoms with E-state index in [-0.39, 0.29) is 59.4 Å². The number of aromatic nitrogens is 20. The van der Waals surface area contributed by atoms with Crippen molar-refractivity contribution in [3.63, 3.8) is 0 Å². The average molecular weight is 1700 g/mol. The van der Waals surface area contributed by atoms with Gasteiger partial charge in [0.15, 0.2) is 23.3 Å². The molecule has 0 radical (unpaired) electrons. The molecule has 8 N–H and O–H groups in total. The largest absolute Gasteiger partial charge is 0.390 e. The van der Waals surface area contributed by atoms with Gasteiger partial charge in [-0.05, 0) is 205 Å². The number of hydrogen-bond donors (Lipinski definition) is 8. The van der Waals surface area contributed by atoms with Crippen LogP contribution in [0.3, 0.4) is 0 Å². The van der Waals surface area contributed by atoms with E-state index in [1.54, 1.807) is 25.3 Å². The summed E-state index contributed by atoms with van der Waals surface area (Å²) in [4.78, 5) is 35.6. The Morgan fingerprint density at radius 2 is 0.559 bits per heavy atom. The van der Waals surface area contributed by atoms with Crippen LogP contribution in [-0.2, 0) is 58.7 Å². The predicted octanol–water partition coefficient (Wildman–Crippen LogP) is 18.4. The van der Waals surface area contributed by atoms with E-state index in [0.29, 0.717) is 74.9 Å². The van der Waals surface area contributed by atoms with E-state index < -0.39 is 0 Å². The lowest BCUT2D eigenvalue weighted by Crippen LogP contribution is -2.11. The number of nitrogens with one attached hydrogen (secondary N) is 4. The Morgan fingerprint density at radius 1 is 0.299 bits per heavy atom. The second-order valence-corrected chi connectivity index (χ2v) is 30.5. The van der Waals surface area contributed by atoms with E-state index in [4.69, 9.17) is 0 Å². The third kappa shape index (κ3) is 23.6. The highest BCUT2D eigenvalue weighted by molar-refractivity contribution is 5.65. The lowest BCUT2D eigenvalue weighted by Gasteiger charge is -2.17. The molecule has 0 fully saturated rings. The van der Waals surface area contributed by atoms with Crippen LogP contribution in [0.2, 0.25) is 0 Å². The zero-order valence-electron chi connectivity index (χ0n) is 72.8. The van der Waals surface area contributed by atoms with Crippen molar-refractivity contribution in [2.45, 2.75) is 182 Å². The van der Waals surface area contributed by atoms with Crippen LogP contribution in [0.15, 0.2) is 232 Å². The van der Waals surface area contributed by atoms with Gasteiger partial charge in [-0.25, -0.2) is 39.9 Å². The number of anilines is 4. The molecule has 12 heterocycles. The number of benzene rings is 4. The van der Waals surface area contributed by atoms with Gasteiger partial charge in [0.05, 0.1) is 161 Å². The van der Waals surface area contributed by atoms with E-state index >= 15 is 0 Å². The molecule has 0 aliphatic heterocycles. The van der Waals surface area contributed by atoms with E-state index in [1.165, 1.54) is 33.4 Å². The van der Waals surface area contributed by atoms with Gasteiger partial charge in [0.2, 0.25) is 0 Å². The molecule has 0 aliphatic carbocycles. The van der Waals surface area contributed by atoms with E-state index in [1.807, 2.05) is 180 Å². The Labute approximate surface area is 743 Å². The van der Waals surface area contributed by atoms with E-state index in [9.17, 15) is 20.4 Å². The molecule has 0 saturated carbocycles. The van der Waals surface area contributed by atoms with Crippen molar-refractivity contribution in [3.05, 3.63) is 333 Å². The van der Waals surface area contributed by atoms with Crippen LogP contribution >= 0.6 is 0 Å². The van der Waals surface area contributed by atoms with Crippen molar-refractivity contribution in [2.75, 3.05) is 21.3 Å². The van der Waals surface area contributed by atoms with Gasteiger partial charge in [-0.15, -0.1) is 40.8 Å². The molecule has 3 atom stereocenters. The normalized spacial score (nSPS) is 11.6. The van der Waals surface area contributed by atoms with Gasteiger partial charge >= 0.3 is 0 Å². The quantitative estimate of drug-likeness (QED) is 0.0226. The summed E-state index contributed by atoms with van der Waals surface area (Å²) in [5.74, 6) is 3.10. The summed E-state index contributed by atoms with van der Waals surface area (Å²) in [7, 11) is 0. The molecular weight excluding hydrogens is 1590 g/mol. The molecule has 12 aromatic heterocycles. The molecule has 0 amide bonds. The minimum Gasteiger partial charge on any atom is -0.390 e. The lowest BCUT2D eigenvalue weighted by molar-refractivity contribution is 0.276. The summed E-state index contributed by atoms with van der Waals surface area (Å²) >= 11 is 0. The van der Waals surface area contributed by atoms with Crippen LogP contribution in [0.1, 0.15) is 183 Å². The van der Waals surface area contributed by atoms with Gasteiger partial charge in [0, 0.05) is 31.3 Å². The number of aliphatic hydroxyl groups excluding tert-OH is 4. The molecular formula is C99H114N24O4. The van der Waals surface area contributed by atoms with Gasteiger partial charge in [-0.3, -0.25) is 0 Å². The van der Waals surface area contributed by atoms with E-state index in [0.717, 1.165) is 117 Å². The first-order valence-electron chi connectivity index (χ1n) is 41.9. The number of rotatable bonds is 28. The standard InChI is InChI=1S/C25H28N6O.3C24H26N6O.2CH4/c1-5-19-12-22(29-30-25(19)27-18(4)20-8-6-16(2)7-9-20)21-10-11-24(23(14-32)28-21)31-13-17(3)26-15-31;1-4-19-11-21(28-29-24(19)25-12-18-7-5-16(2)6-8-18)20-9-10-23(22(14-31)27-20)30-13-17(3)26-15-30;2*1-4-18-12-21(28-29-24(18)26-17(3)19-8-6-5-7-9-19)20-10-11-23(22(14-31)27-20)30-13-16(2)25-15-30;;/h6-13,15,18,32H,5,14H2,1-4H3,(H,27,30);5-11,13,15,31H,4,12,14H2,1-3H3,(H,25,29);2*5-13,15,17,31H,4,14H2,1-3H3,(H,26,29);2*1H4/t18-;;2*17-;;/m0.10../s1. The van der Waals surface area contributed by atoms with E-state index in [2.05, 4.69) is 237 Å². The van der Waals surface area contributed by atoms with Crippen molar-refractivity contribution >= 4 is 23.3 Å². The molecule has 0 aliphatic rings. The monoisotopic (exact) mass is 1700 g/mol. The number of imidazole rings is 4. The molecule has 654 valence electrons. The Hall–Kier alpha value is -14.3. The number of nitrogens with zero attached hydrogens (tertiary/aromatic N) is 20. The van der Waals surface area contributed by atoms with Gasteiger partial charge in [0.1, 0.15) is 22.8 Å². The minimum absolute atomic E-state index is 0. The Balaban J connectivity index is 0.000000163. The summed E-state index contributed by atoms with van der Waals surface area (Å²) in [6.45, 7) is 26.5. The molecule has 0 spiro atoms. The third-order valence-electron chi connectivity index (χ3n) is 21.2. The first-order chi connectivity index (χ1) is 60.7. The molecule has 4 aromatic carbocycles. The van der Waals surface area contributed by atoms with Gasteiger partial charge in [0.25, 0.3) is 0 Å². The molecule has 16 rings (SSSR count). The third-order valence-corrected chi connectivity index (χ3v) is 21.2. The van der Waals surface area contributed by atoms with Gasteiger partial charge < -0.3 is 60.0 Å². The van der Waals surface area contributed by atoms with Crippen LogP contribution in [0, 0.1) is 41.5 Å². The first kappa shape index (κ1) is 93.4. The Kier molecular flexibility index (Phi) is 32.6. The number of pyridine rings is 4. The summed E-state index contributed by atoms with van der Waals surface area (Å²) in [5.41, 5.74) is 26.0. The molecule has 28 nitrogen and oxygen atoms in total. The van der Waals surface area contributed by atoms with Crippen molar-refractivity contribution in [2.24, 2.45) is 0 Å². The van der Waals surface area contributed by atoms with Crippen molar-refractivity contribution in [3.8, 4) is 68.3 Å². The topological polar surface area (TPSA) is 355 Å². The van der Waals surface area contributed by atoms with Gasteiger partial charge in [-0.1, -0.05) is 163 Å². The minimum atomic E-state index is -0.178.